The second-order valence-electron chi connectivity index (χ2n) is 4.18. The Labute approximate surface area is 106 Å². The van der Waals surface area contributed by atoms with Crippen LogP contribution in [0.2, 0.25) is 0 Å². The van der Waals surface area contributed by atoms with E-state index in [1.807, 2.05) is 0 Å². The van der Waals surface area contributed by atoms with Crippen molar-refractivity contribution in [1.29, 1.82) is 0 Å². The molecule has 2 heteroatoms. The molecule has 0 aliphatic rings. The van der Waals surface area contributed by atoms with Gasteiger partial charge in [-0.1, -0.05) is 0 Å². The fraction of sp³-hybridized carbons (Fsp3) is 0.143. The molecule has 0 unspecified atom stereocenters. The quantitative estimate of drug-likeness (QED) is 0.745. The molecule has 0 bridgehead atoms. The first kappa shape index (κ1) is 11.7. The molecule has 0 radical (unpaired) electrons. The molecule has 0 heterocycles. The van der Waals surface area contributed by atoms with Crippen LogP contribution in [0.25, 0.3) is 0 Å². The summed E-state index contributed by atoms with van der Waals surface area (Å²) in [4.78, 5) is 0. The molecule has 0 nitrogen and oxygen atoms in total. The topological polar surface area (TPSA) is 0 Å². The molecular weight excluding hydrogens is 276 g/mol. The van der Waals surface area contributed by atoms with Gasteiger partial charge in [0, 0.05) is 0 Å². The minimum atomic E-state index is -1.99. The third-order valence-electron chi connectivity index (χ3n) is 2.74. The van der Waals surface area contributed by atoms with Crippen LogP contribution in [-0.2, 0) is 0 Å². The van der Waals surface area contributed by atoms with Gasteiger partial charge in [0.2, 0.25) is 0 Å². The first-order chi connectivity index (χ1) is 7.66. The van der Waals surface area contributed by atoms with E-state index in [1.54, 1.807) is 0 Å². The molecular formula is C14H15ClGe. The molecule has 2 rings (SSSR count). The molecule has 0 N–H and O–H groups in total. The molecule has 0 aliphatic carbocycles. The van der Waals surface area contributed by atoms with E-state index in [4.69, 9.17) is 10.0 Å². The number of aryl methyl sites for hydroxylation is 2. The van der Waals surface area contributed by atoms with Crippen molar-refractivity contribution in [2.45, 2.75) is 13.8 Å². The van der Waals surface area contributed by atoms with Gasteiger partial charge in [0.05, 0.1) is 0 Å². The van der Waals surface area contributed by atoms with Crippen molar-refractivity contribution in [3.63, 3.8) is 0 Å². The van der Waals surface area contributed by atoms with Crippen LogP contribution in [-0.4, -0.2) is 13.4 Å². The van der Waals surface area contributed by atoms with E-state index in [9.17, 15) is 0 Å². The van der Waals surface area contributed by atoms with Gasteiger partial charge in [-0.05, 0) is 0 Å². The van der Waals surface area contributed by atoms with Crippen LogP contribution in [0.3, 0.4) is 0 Å². The van der Waals surface area contributed by atoms with E-state index in [-0.39, 0.29) is 0 Å². The zero-order valence-corrected chi connectivity index (χ0v) is 12.8. The Morgan fingerprint density at radius 1 is 0.688 bits per heavy atom. The molecule has 82 valence electrons. The van der Waals surface area contributed by atoms with Gasteiger partial charge in [0.1, 0.15) is 0 Å². The van der Waals surface area contributed by atoms with E-state index >= 15 is 0 Å². The van der Waals surface area contributed by atoms with Crippen LogP contribution in [0.15, 0.2) is 48.5 Å². The molecule has 0 aliphatic heterocycles. The Hall–Kier alpha value is -0.727. The number of benzene rings is 2. The number of hydrogen-bond acceptors (Lipinski definition) is 0. The average molecular weight is 291 g/mol. The van der Waals surface area contributed by atoms with E-state index in [0.717, 1.165) is 0 Å². The summed E-state index contributed by atoms with van der Waals surface area (Å²) in [7, 11) is 6.62. The molecule has 0 spiro atoms. The predicted octanol–water partition coefficient (Wildman–Crippen LogP) is 2.38. The van der Waals surface area contributed by atoms with Gasteiger partial charge in [-0.3, -0.25) is 0 Å². The Morgan fingerprint density at radius 3 is 1.31 bits per heavy atom. The molecule has 0 amide bonds. The fourth-order valence-corrected chi connectivity index (χ4v) is 6.21. The van der Waals surface area contributed by atoms with Crippen LogP contribution in [0.1, 0.15) is 11.1 Å². The summed E-state index contributed by atoms with van der Waals surface area (Å²) in [6, 6.07) is 17.3. The molecule has 2 aromatic rings. The maximum absolute atomic E-state index is 6.62. The fourth-order valence-electron chi connectivity index (χ4n) is 1.66. The van der Waals surface area contributed by atoms with E-state index < -0.39 is 13.4 Å². The van der Waals surface area contributed by atoms with E-state index in [1.165, 1.54) is 19.9 Å². The van der Waals surface area contributed by atoms with Crippen LogP contribution < -0.4 is 8.79 Å². The first-order valence-electron chi connectivity index (χ1n) is 5.44. The Balaban J connectivity index is 2.28. The Morgan fingerprint density at radius 2 is 1.00 bits per heavy atom. The Bertz CT molecular complexity index is 414. The summed E-state index contributed by atoms with van der Waals surface area (Å²) >= 11 is -1.99. The maximum atomic E-state index is 6.62. The molecule has 2 aromatic carbocycles. The van der Waals surface area contributed by atoms with Crippen LogP contribution in [0.4, 0.5) is 0 Å². The zero-order valence-electron chi connectivity index (χ0n) is 9.57. The second-order valence-corrected chi connectivity index (χ2v) is 10.8. The van der Waals surface area contributed by atoms with Crippen LogP contribution >= 0.6 is 10.0 Å². The third-order valence-corrected chi connectivity index (χ3v) is 9.43. The SMILES string of the molecule is Cc1cc[c]([GeH]([Cl])[c]2ccc(C)cc2)cc1. The van der Waals surface area contributed by atoms with Crippen molar-refractivity contribution in [3.05, 3.63) is 59.7 Å². The Kier molecular flexibility index (Phi) is 3.72. The zero-order chi connectivity index (χ0) is 11.5. The summed E-state index contributed by atoms with van der Waals surface area (Å²) < 4.78 is 2.67. The standard InChI is InChI=1S/C14H15ClGe/c1-11-3-7-13(8-4-11)16(15)14-9-5-12(2)6-10-14/h3-10,16H,1-2H3. The van der Waals surface area contributed by atoms with Crippen LogP contribution in [0.5, 0.6) is 0 Å². The third kappa shape index (κ3) is 2.69. The first-order valence-corrected chi connectivity index (χ1v) is 11.0. The van der Waals surface area contributed by atoms with Crippen molar-refractivity contribution in [3.8, 4) is 0 Å². The van der Waals surface area contributed by atoms with Crippen molar-refractivity contribution in [1.82, 2.24) is 0 Å². The molecule has 0 fully saturated rings. The summed E-state index contributed by atoms with van der Waals surface area (Å²) in [5.74, 6) is 0. The average Bonchev–Trinajstić information content (AvgIpc) is 2.30. The normalized spacial score (nSPS) is 10.8. The summed E-state index contributed by atoms with van der Waals surface area (Å²) in [6.45, 7) is 4.21. The number of hydrogen-bond donors (Lipinski definition) is 0. The van der Waals surface area contributed by atoms with Crippen LogP contribution in [0, 0.1) is 13.8 Å². The van der Waals surface area contributed by atoms with Gasteiger partial charge in [0.15, 0.2) is 0 Å². The van der Waals surface area contributed by atoms with E-state index in [0.29, 0.717) is 0 Å². The van der Waals surface area contributed by atoms with Crippen molar-refractivity contribution in [2.24, 2.45) is 0 Å². The second kappa shape index (κ2) is 5.07. The molecule has 0 saturated carbocycles. The molecule has 16 heavy (non-hydrogen) atoms. The van der Waals surface area contributed by atoms with Gasteiger partial charge in [0.25, 0.3) is 0 Å². The van der Waals surface area contributed by atoms with Crippen molar-refractivity contribution >= 4 is 32.2 Å². The summed E-state index contributed by atoms with van der Waals surface area (Å²) in [5.41, 5.74) is 2.58. The predicted molar refractivity (Wildman–Crippen MR) is 74.6 cm³/mol. The van der Waals surface area contributed by atoms with Gasteiger partial charge in [-0.25, -0.2) is 0 Å². The minimum absolute atomic E-state index is 1.29. The van der Waals surface area contributed by atoms with E-state index in [2.05, 4.69) is 62.4 Å². The van der Waals surface area contributed by atoms with Gasteiger partial charge in [-0.2, -0.15) is 0 Å². The van der Waals surface area contributed by atoms with Crippen molar-refractivity contribution < 1.29 is 0 Å². The van der Waals surface area contributed by atoms with Crippen molar-refractivity contribution in [2.75, 3.05) is 0 Å². The molecule has 0 aromatic heterocycles. The summed E-state index contributed by atoms with van der Waals surface area (Å²) in [6.07, 6.45) is 0. The molecule has 0 atom stereocenters. The van der Waals surface area contributed by atoms with Gasteiger partial charge in [-0.15, -0.1) is 0 Å². The van der Waals surface area contributed by atoms with Gasteiger partial charge >= 0.3 is 106 Å². The number of rotatable bonds is 2. The molecule has 0 saturated heterocycles. The number of halogens is 1. The monoisotopic (exact) mass is 292 g/mol. The van der Waals surface area contributed by atoms with Gasteiger partial charge < -0.3 is 0 Å². The summed E-state index contributed by atoms with van der Waals surface area (Å²) in [5, 5.41) is 0.